The van der Waals surface area contributed by atoms with Crippen LogP contribution in [0.3, 0.4) is 0 Å². The number of nitrogens with zero attached hydrogens (tertiary/aromatic N) is 2. The van der Waals surface area contributed by atoms with Gasteiger partial charge in [0.05, 0.1) is 6.61 Å². The minimum absolute atomic E-state index is 0.632. The van der Waals surface area contributed by atoms with Gasteiger partial charge >= 0.3 is 0 Å². The maximum atomic E-state index is 5.63. The molecular weight excluding hydrogens is 226 g/mol. The number of rotatable bonds is 5. The van der Waals surface area contributed by atoms with Crippen LogP contribution in [0.25, 0.3) is 0 Å². The Morgan fingerprint density at radius 3 is 2.83 bits per heavy atom. The molecule has 106 valence electrons. The Kier molecular flexibility index (Phi) is 5.42. The van der Waals surface area contributed by atoms with Crippen LogP contribution in [0.5, 0.6) is 0 Å². The van der Waals surface area contributed by atoms with Crippen LogP contribution < -0.4 is 5.32 Å². The topological polar surface area (TPSA) is 27.7 Å². The number of nitrogens with one attached hydrogen (secondary N) is 1. The van der Waals surface area contributed by atoms with Crippen molar-refractivity contribution in [2.75, 3.05) is 60.5 Å². The molecule has 0 radical (unpaired) electrons. The molecule has 2 aliphatic heterocycles. The van der Waals surface area contributed by atoms with Crippen molar-refractivity contribution in [2.45, 2.75) is 18.9 Å². The van der Waals surface area contributed by atoms with Gasteiger partial charge in [0.15, 0.2) is 0 Å². The van der Waals surface area contributed by atoms with Gasteiger partial charge in [-0.25, -0.2) is 0 Å². The van der Waals surface area contributed by atoms with Gasteiger partial charge in [0.25, 0.3) is 0 Å². The highest BCUT2D eigenvalue weighted by Gasteiger charge is 2.27. The molecule has 2 fully saturated rings. The third-order valence-electron chi connectivity index (χ3n) is 4.45. The molecule has 0 aliphatic carbocycles. The van der Waals surface area contributed by atoms with Gasteiger partial charge in [-0.2, -0.15) is 0 Å². The van der Waals surface area contributed by atoms with Crippen LogP contribution in [0, 0.1) is 11.8 Å². The Balaban J connectivity index is 1.73. The summed E-state index contributed by atoms with van der Waals surface area (Å²) in [4.78, 5) is 4.95. The van der Waals surface area contributed by atoms with E-state index in [1.54, 1.807) is 0 Å². The van der Waals surface area contributed by atoms with Gasteiger partial charge < -0.3 is 19.9 Å². The van der Waals surface area contributed by atoms with Crippen molar-refractivity contribution in [3.05, 3.63) is 0 Å². The number of hydrogen-bond donors (Lipinski definition) is 1. The summed E-state index contributed by atoms with van der Waals surface area (Å²) >= 11 is 0. The lowest BCUT2D eigenvalue weighted by atomic mass is 9.95. The SMILES string of the molecule is CNC1CCOCC1CN(C)CC1CCN(C)C1. The van der Waals surface area contributed by atoms with Crippen LogP contribution in [0.2, 0.25) is 0 Å². The third kappa shape index (κ3) is 3.92. The van der Waals surface area contributed by atoms with E-state index in [-0.39, 0.29) is 0 Å². The first kappa shape index (κ1) is 14.3. The van der Waals surface area contributed by atoms with Crippen molar-refractivity contribution in [2.24, 2.45) is 11.8 Å². The van der Waals surface area contributed by atoms with Gasteiger partial charge in [0, 0.05) is 38.2 Å². The molecule has 0 saturated carbocycles. The highest BCUT2D eigenvalue weighted by molar-refractivity contribution is 4.82. The zero-order valence-corrected chi connectivity index (χ0v) is 12.2. The predicted molar refractivity (Wildman–Crippen MR) is 74.9 cm³/mol. The van der Waals surface area contributed by atoms with Crippen molar-refractivity contribution < 1.29 is 4.74 Å². The van der Waals surface area contributed by atoms with Crippen LogP contribution >= 0.6 is 0 Å². The second-order valence-corrected chi connectivity index (χ2v) is 6.16. The molecular formula is C14H29N3O. The Labute approximate surface area is 112 Å². The van der Waals surface area contributed by atoms with Crippen LogP contribution in [0.1, 0.15) is 12.8 Å². The largest absolute Gasteiger partial charge is 0.381 e. The van der Waals surface area contributed by atoms with E-state index >= 15 is 0 Å². The van der Waals surface area contributed by atoms with Crippen LogP contribution in [0.15, 0.2) is 0 Å². The molecule has 2 heterocycles. The average Bonchev–Trinajstić information content (AvgIpc) is 2.75. The molecule has 2 rings (SSSR count). The third-order valence-corrected chi connectivity index (χ3v) is 4.45. The molecule has 0 aromatic heterocycles. The molecule has 0 aromatic rings. The fourth-order valence-corrected chi connectivity index (χ4v) is 3.45. The summed E-state index contributed by atoms with van der Waals surface area (Å²) in [6.45, 7) is 6.76. The smallest absolute Gasteiger partial charge is 0.0521 e. The molecule has 18 heavy (non-hydrogen) atoms. The predicted octanol–water partition coefficient (Wildman–Crippen LogP) is 0.494. The monoisotopic (exact) mass is 255 g/mol. The molecule has 1 N–H and O–H groups in total. The number of hydrogen-bond acceptors (Lipinski definition) is 4. The summed E-state index contributed by atoms with van der Waals surface area (Å²) in [6, 6.07) is 0.632. The standard InChI is InChI=1S/C14H29N3O/c1-15-14-5-7-18-11-13(14)10-17(3)9-12-4-6-16(2)8-12/h12-15H,4-11H2,1-3H3. The fourth-order valence-electron chi connectivity index (χ4n) is 3.45. The Morgan fingerprint density at radius 2 is 2.17 bits per heavy atom. The van der Waals surface area contributed by atoms with Gasteiger partial charge in [-0.05, 0) is 46.4 Å². The van der Waals surface area contributed by atoms with Gasteiger partial charge in [0.1, 0.15) is 0 Å². The maximum Gasteiger partial charge on any atom is 0.0521 e. The first-order chi connectivity index (χ1) is 8.69. The van der Waals surface area contributed by atoms with Crippen molar-refractivity contribution in [1.82, 2.24) is 15.1 Å². The quantitative estimate of drug-likeness (QED) is 0.774. The highest BCUT2D eigenvalue weighted by Crippen LogP contribution is 2.19. The summed E-state index contributed by atoms with van der Waals surface area (Å²) in [5.41, 5.74) is 0. The molecule has 3 unspecified atom stereocenters. The van der Waals surface area contributed by atoms with Crippen LogP contribution in [0.4, 0.5) is 0 Å². The first-order valence-corrected chi connectivity index (χ1v) is 7.31. The number of ether oxygens (including phenoxy) is 1. The summed E-state index contributed by atoms with van der Waals surface area (Å²) in [5.74, 6) is 1.51. The Bertz CT molecular complexity index is 249. The summed E-state index contributed by atoms with van der Waals surface area (Å²) < 4.78 is 5.63. The van der Waals surface area contributed by atoms with Gasteiger partial charge in [-0.1, -0.05) is 0 Å². The summed E-state index contributed by atoms with van der Waals surface area (Å²) in [7, 11) is 6.57. The minimum atomic E-state index is 0.632. The second-order valence-electron chi connectivity index (χ2n) is 6.16. The summed E-state index contributed by atoms with van der Waals surface area (Å²) in [5, 5.41) is 3.45. The molecule has 2 saturated heterocycles. The zero-order valence-electron chi connectivity index (χ0n) is 12.2. The molecule has 0 aromatic carbocycles. The van der Waals surface area contributed by atoms with Crippen molar-refractivity contribution >= 4 is 0 Å². The second kappa shape index (κ2) is 6.85. The van der Waals surface area contributed by atoms with E-state index < -0.39 is 0 Å². The molecule has 0 amide bonds. The van der Waals surface area contributed by atoms with Crippen LogP contribution in [-0.4, -0.2) is 76.4 Å². The van der Waals surface area contributed by atoms with Crippen LogP contribution in [-0.2, 0) is 4.74 Å². The van der Waals surface area contributed by atoms with E-state index in [1.165, 1.54) is 26.1 Å². The van der Waals surface area contributed by atoms with E-state index in [0.29, 0.717) is 12.0 Å². The molecule has 2 aliphatic rings. The Hall–Kier alpha value is -0.160. The zero-order chi connectivity index (χ0) is 13.0. The minimum Gasteiger partial charge on any atom is -0.381 e. The van der Waals surface area contributed by atoms with E-state index in [0.717, 1.165) is 32.1 Å². The van der Waals surface area contributed by atoms with E-state index in [4.69, 9.17) is 4.74 Å². The molecule has 0 spiro atoms. The van der Waals surface area contributed by atoms with E-state index in [1.807, 2.05) is 0 Å². The molecule has 4 nitrogen and oxygen atoms in total. The van der Waals surface area contributed by atoms with E-state index in [9.17, 15) is 0 Å². The molecule has 3 atom stereocenters. The van der Waals surface area contributed by atoms with Crippen molar-refractivity contribution in [1.29, 1.82) is 0 Å². The fraction of sp³-hybridized carbons (Fsp3) is 1.00. The first-order valence-electron chi connectivity index (χ1n) is 7.31. The van der Waals surface area contributed by atoms with Crippen molar-refractivity contribution in [3.63, 3.8) is 0 Å². The maximum absolute atomic E-state index is 5.63. The number of likely N-dealkylation sites (tertiary alicyclic amines) is 1. The normalized spacial score (nSPS) is 34.3. The average molecular weight is 255 g/mol. The van der Waals surface area contributed by atoms with E-state index in [2.05, 4.69) is 36.3 Å². The lowest BCUT2D eigenvalue weighted by Crippen LogP contribution is -2.46. The Morgan fingerprint density at radius 1 is 1.33 bits per heavy atom. The lowest BCUT2D eigenvalue weighted by Gasteiger charge is -2.34. The molecule has 0 bridgehead atoms. The van der Waals surface area contributed by atoms with Gasteiger partial charge in [-0.15, -0.1) is 0 Å². The van der Waals surface area contributed by atoms with Gasteiger partial charge in [-0.3, -0.25) is 0 Å². The summed E-state index contributed by atoms with van der Waals surface area (Å²) in [6.07, 6.45) is 2.51. The molecule has 4 heteroatoms. The van der Waals surface area contributed by atoms with Crippen molar-refractivity contribution in [3.8, 4) is 0 Å². The van der Waals surface area contributed by atoms with Gasteiger partial charge in [0.2, 0.25) is 0 Å². The lowest BCUT2D eigenvalue weighted by molar-refractivity contribution is 0.0202. The highest BCUT2D eigenvalue weighted by atomic mass is 16.5.